The molecule has 0 aromatic carbocycles. The Balaban J connectivity index is 2.82. The lowest BCUT2D eigenvalue weighted by Gasteiger charge is -2.26. The predicted octanol–water partition coefficient (Wildman–Crippen LogP) is 0.00360. The molecule has 0 amide bonds. The summed E-state index contributed by atoms with van der Waals surface area (Å²) >= 11 is 0. The van der Waals surface area contributed by atoms with E-state index in [2.05, 4.69) is 0 Å². The Bertz CT molecular complexity index is 378. The Morgan fingerprint density at radius 1 is 1.47 bits per heavy atom. The summed E-state index contributed by atoms with van der Waals surface area (Å²) in [4.78, 5) is 11.0. The van der Waals surface area contributed by atoms with Crippen LogP contribution in [0.2, 0.25) is 0 Å². The molecule has 2 atom stereocenters. The first-order valence-corrected chi connectivity index (χ1v) is 7.13. The quantitative estimate of drug-likeness (QED) is 0.756. The summed E-state index contributed by atoms with van der Waals surface area (Å²) in [5.74, 6) is -1.76. The van der Waals surface area contributed by atoms with Crippen molar-refractivity contribution >= 4 is 16.0 Å². The molecule has 17 heavy (non-hydrogen) atoms. The number of hydrogen-bond donors (Lipinski definition) is 1. The highest BCUT2D eigenvalue weighted by Crippen LogP contribution is 2.22. The molecule has 0 saturated carbocycles. The van der Waals surface area contributed by atoms with Gasteiger partial charge in [0.1, 0.15) is 0 Å². The van der Waals surface area contributed by atoms with Crippen molar-refractivity contribution in [2.24, 2.45) is 11.8 Å². The topological polar surface area (TPSA) is 83.9 Å². The van der Waals surface area contributed by atoms with Gasteiger partial charge in [0.25, 0.3) is 0 Å². The van der Waals surface area contributed by atoms with E-state index >= 15 is 0 Å². The van der Waals surface area contributed by atoms with Crippen LogP contribution in [0.15, 0.2) is 0 Å². The molecule has 0 aromatic heterocycles. The second-order valence-corrected chi connectivity index (χ2v) is 6.81. The van der Waals surface area contributed by atoms with Gasteiger partial charge in [-0.3, -0.25) is 4.79 Å². The van der Waals surface area contributed by atoms with Crippen LogP contribution in [-0.2, 0) is 19.6 Å². The second kappa shape index (κ2) is 5.32. The summed E-state index contributed by atoms with van der Waals surface area (Å²) in [6.07, 6.45) is 0. The molecule has 1 rings (SSSR count). The molecule has 0 aliphatic carbocycles. The summed E-state index contributed by atoms with van der Waals surface area (Å²) in [6, 6.07) is -0.601. The van der Waals surface area contributed by atoms with E-state index in [-0.39, 0.29) is 24.9 Å². The Morgan fingerprint density at radius 3 is 2.53 bits per heavy atom. The Kier molecular flexibility index (Phi) is 4.51. The molecule has 1 heterocycles. The fourth-order valence-corrected chi connectivity index (χ4v) is 3.58. The van der Waals surface area contributed by atoms with Crippen LogP contribution in [0, 0.1) is 11.8 Å². The highest BCUT2D eigenvalue weighted by atomic mass is 32.2. The molecular weight excluding hydrogens is 246 g/mol. The van der Waals surface area contributed by atoms with Gasteiger partial charge in [-0.25, -0.2) is 8.42 Å². The maximum absolute atomic E-state index is 12.0. The van der Waals surface area contributed by atoms with Gasteiger partial charge >= 0.3 is 5.97 Å². The third-order valence-electron chi connectivity index (χ3n) is 2.82. The minimum atomic E-state index is -3.42. The number of aliphatic carboxylic acids is 1. The molecule has 0 aromatic rings. The predicted molar refractivity (Wildman–Crippen MR) is 62.1 cm³/mol. The first-order chi connectivity index (χ1) is 7.75. The highest BCUT2D eigenvalue weighted by Gasteiger charge is 2.40. The average molecular weight is 265 g/mol. The fraction of sp³-hybridized carbons (Fsp3) is 0.900. The van der Waals surface area contributed by atoms with Gasteiger partial charge in [0.15, 0.2) is 0 Å². The molecular formula is C10H19NO5S. The van der Waals surface area contributed by atoms with Gasteiger partial charge in [0, 0.05) is 7.05 Å². The van der Waals surface area contributed by atoms with Crippen LogP contribution in [-0.4, -0.2) is 55.9 Å². The molecule has 1 fully saturated rings. The SMILES string of the molecule is CC(C)CS(=O)(=O)N(C)C1COCC1C(=O)O. The molecule has 6 nitrogen and oxygen atoms in total. The van der Waals surface area contributed by atoms with Crippen LogP contribution >= 0.6 is 0 Å². The zero-order valence-electron chi connectivity index (χ0n) is 10.3. The van der Waals surface area contributed by atoms with Crippen LogP contribution in [0.1, 0.15) is 13.8 Å². The summed E-state index contributed by atoms with van der Waals surface area (Å²) in [5.41, 5.74) is 0. The van der Waals surface area contributed by atoms with Crippen LogP contribution in [0.25, 0.3) is 0 Å². The van der Waals surface area contributed by atoms with Gasteiger partial charge in [0.05, 0.1) is 30.9 Å². The van der Waals surface area contributed by atoms with Crippen LogP contribution in [0.5, 0.6) is 0 Å². The van der Waals surface area contributed by atoms with E-state index < -0.39 is 28.0 Å². The summed E-state index contributed by atoms with van der Waals surface area (Å²) in [7, 11) is -2.00. The molecule has 0 bridgehead atoms. The van der Waals surface area contributed by atoms with Crippen LogP contribution in [0.3, 0.4) is 0 Å². The number of rotatable bonds is 5. The molecule has 1 aliphatic heterocycles. The van der Waals surface area contributed by atoms with Gasteiger partial charge in [-0.05, 0) is 5.92 Å². The third-order valence-corrected chi connectivity index (χ3v) is 5.05. The van der Waals surface area contributed by atoms with Crippen molar-refractivity contribution in [1.82, 2.24) is 4.31 Å². The molecule has 1 saturated heterocycles. The molecule has 0 radical (unpaired) electrons. The number of carboxylic acids is 1. The normalized spacial score (nSPS) is 25.7. The summed E-state index contributed by atoms with van der Waals surface area (Å²) in [6.45, 7) is 3.84. The zero-order chi connectivity index (χ0) is 13.2. The fourth-order valence-electron chi connectivity index (χ4n) is 1.88. The van der Waals surface area contributed by atoms with E-state index in [9.17, 15) is 13.2 Å². The number of likely N-dealkylation sites (N-methyl/N-ethyl adjacent to an activating group) is 1. The van der Waals surface area contributed by atoms with E-state index in [1.807, 2.05) is 13.8 Å². The molecule has 1 N–H and O–H groups in total. The van der Waals surface area contributed by atoms with Crippen molar-refractivity contribution in [1.29, 1.82) is 0 Å². The number of carbonyl (C=O) groups is 1. The lowest BCUT2D eigenvalue weighted by molar-refractivity contribution is -0.142. The first kappa shape index (κ1) is 14.4. The monoisotopic (exact) mass is 265 g/mol. The number of sulfonamides is 1. The van der Waals surface area contributed by atoms with Gasteiger partial charge in [-0.15, -0.1) is 0 Å². The minimum absolute atomic E-state index is 0.00745. The van der Waals surface area contributed by atoms with Crippen molar-refractivity contribution in [2.75, 3.05) is 26.0 Å². The van der Waals surface area contributed by atoms with Crippen molar-refractivity contribution in [3.8, 4) is 0 Å². The van der Waals surface area contributed by atoms with Gasteiger partial charge < -0.3 is 9.84 Å². The largest absolute Gasteiger partial charge is 0.481 e. The number of ether oxygens (including phenoxy) is 1. The average Bonchev–Trinajstić information content (AvgIpc) is 2.62. The zero-order valence-corrected chi connectivity index (χ0v) is 11.1. The Hall–Kier alpha value is -0.660. The van der Waals surface area contributed by atoms with Crippen LogP contribution in [0.4, 0.5) is 0 Å². The van der Waals surface area contributed by atoms with E-state index in [1.165, 1.54) is 7.05 Å². The molecule has 0 spiro atoms. The summed E-state index contributed by atoms with van der Waals surface area (Å²) in [5, 5.41) is 8.98. The van der Waals surface area contributed by atoms with Crippen molar-refractivity contribution in [3.63, 3.8) is 0 Å². The van der Waals surface area contributed by atoms with E-state index in [0.29, 0.717) is 0 Å². The summed E-state index contributed by atoms with van der Waals surface area (Å²) < 4.78 is 30.2. The maximum atomic E-state index is 12.0. The number of nitrogens with zero attached hydrogens (tertiary/aromatic N) is 1. The third kappa shape index (κ3) is 3.40. The Labute approximate surface area is 102 Å². The highest BCUT2D eigenvalue weighted by molar-refractivity contribution is 7.89. The maximum Gasteiger partial charge on any atom is 0.310 e. The smallest absolute Gasteiger partial charge is 0.310 e. The molecule has 100 valence electrons. The molecule has 7 heteroatoms. The van der Waals surface area contributed by atoms with E-state index in [0.717, 1.165) is 4.31 Å². The second-order valence-electron chi connectivity index (χ2n) is 4.74. The standard InChI is InChI=1S/C10H19NO5S/c1-7(2)6-17(14,15)11(3)9-5-16-4-8(9)10(12)13/h7-9H,4-6H2,1-3H3,(H,12,13). The number of hydrogen-bond acceptors (Lipinski definition) is 4. The number of carboxylic acid groups (broad SMARTS) is 1. The van der Waals surface area contributed by atoms with Crippen molar-refractivity contribution in [3.05, 3.63) is 0 Å². The van der Waals surface area contributed by atoms with Crippen molar-refractivity contribution in [2.45, 2.75) is 19.9 Å². The Morgan fingerprint density at radius 2 is 2.06 bits per heavy atom. The van der Waals surface area contributed by atoms with Gasteiger partial charge in [-0.2, -0.15) is 4.31 Å². The molecule has 2 unspecified atom stereocenters. The van der Waals surface area contributed by atoms with Crippen LogP contribution < -0.4 is 0 Å². The van der Waals surface area contributed by atoms with E-state index in [4.69, 9.17) is 9.84 Å². The lowest BCUT2D eigenvalue weighted by Crippen LogP contribution is -2.45. The van der Waals surface area contributed by atoms with Gasteiger partial charge in [0.2, 0.25) is 10.0 Å². The molecule has 1 aliphatic rings. The minimum Gasteiger partial charge on any atom is -0.481 e. The van der Waals surface area contributed by atoms with E-state index in [1.54, 1.807) is 0 Å². The van der Waals surface area contributed by atoms with Crippen molar-refractivity contribution < 1.29 is 23.1 Å². The van der Waals surface area contributed by atoms with Gasteiger partial charge in [-0.1, -0.05) is 13.8 Å². The lowest BCUT2D eigenvalue weighted by atomic mass is 10.1. The first-order valence-electron chi connectivity index (χ1n) is 5.52.